The highest BCUT2D eigenvalue weighted by Crippen LogP contribution is 2.28. The van der Waals surface area contributed by atoms with E-state index in [-0.39, 0.29) is 0 Å². The number of benzene rings is 1. The minimum absolute atomic E-state index is 0.428. The van der Waals surface area contributed by atoms with Crippen molar-refractivity contribution in [3.63, 3.8) is 0 Å². The fourth-order valence-electron chi connectivity index (χ4n) is 2.89. The molecule has 1 N–H and O–H groups in total. The third-order valence-electron chi connectivity index (χ3n) is 3.86. The lowest BCUT2D eigenvalue weighted by Crippen LogP contribution is -2.34. The largest absolute Gasteiger partial charge is 0.383 e. The predicted molar refractivity (Wildman–Crippen MR) is 75.4 cm³/mol. The summed E-state index contributed by atoms with van der Waals surface area (Å²) in [6.45, 7) is 4.22. The summed E-state index contributed by atoms with van der Waals surface area (Å²) >= 11 is 0. The SMILES string of the molecule is c1ccc2c(c1)NCCCCN2CC1CCCO1. The van der Waals surface area contributed by atoms with Crippen molar-refractivity contribution < 1.29 is 4.74 Å². The van der Waals surface area contributed by atoms with Crippen LogP contribution in [0.2, 0.25) is 0 Å². The zero-order valence-electron chi connectivity index (χ0n) is 10.9. The molecule has 0 saturated carbocycles. The van der Waals surface area contributed by atoms with Gasteiger partial charge in [0.25, 0.3) is 0 Å². The van der Waals surface area contributed by atoms with Crippen LogP contribution in [0, 0.1) is 0 Å². The minimum atomic E-state index is 0.428. The van der Waals surface area contributed by atoms with E-state index in [9.17, 15) is 0 Å². The number of nitrogens with zero attached hydrogens (tertiary/aromatic N) is 1. The average molecular weight is 246 g/mol. The maximum Gasteiger partial charge on any atom is 0.0750 e. The van der Waals surface area contributed by atoms with Crippen LogP contribution in [0.15, 0.2) is 24.3 Å². The van der Waals surface area contributed by atoms with Gasteiger partial charge in [0.05, 0.1) is 17.5 Å². The first-order valence-electron chi connectivity index (χ1n) is 7.13. The average Bonchev–Trinajstić information content (AvgIpc) is 2.87. The third kappa shape index (κ3) is 2.61. The highest BCUT2D eigenvalue weighted by molar-refractivity contribution is 5.70. The van der Waals surface area contributed by atoms with Crippen LogP contribution in [0.4, 0.5) is 11.4 Å². The lowest BCUT2D eigenvalue weighted by molar-refractivity contribution is 0.115. The second-order valence-electron chi connectivity index (χ2n) is 5.23. The van der Waals surface area contributed by atoms with Gasteiger partial charge in [-0.2, -0.15) is 0 Å². The number of fused-ring (bicyclic) bond motifs is 1. The van der Waals surface area contributed by atoms with Crippen molar-refractivity contribution in [2.75, 3.05) is 36.5 Å². The van der Waals surface area contributed by atoms with Crippen molar-refractivity contribution in [2.45, 2.75) is 31.8 Å². The number of ether oxygens (including phenoxy) is 1. The summed E-state index contributed by atoms with van der Waals surface area (Å²) in [5.74, 6) is 0. The molecule has 1 unspecified atom stereocenters. The van der Waals surface area contributed by atoms with Gasteiger partial charge >= 0.3 is 0 Å². The number of anilines is 2. The topological polar surface area (TPSA) is 24.5 Å². The van der Waals surface area contributed by atoms with Gasteiger partial charge in [0, 0.05) is 26.2 Å². The quantitative estimate of drug-likeness (QED) is 0.868. The van der Waals surface area contributed by atoms with Crippen molar-refractivity contribution in [2.24, 2.45) is 0 Å². The van der Waals surface area contributed by atoms with Crippen LogP contribution in [-0.4, -0.2) is 32.3 Å². The van der Waals surface area contributed by atoms with Crippen LogP contribution in [0.25, 0.3) is 0 Å². The molecular weight excluding hydrogens is 224 g/mol. The third-order valence-corrected chi connectivity index (χ3v) is 3.86. The van der Waals surface area contributed by atoms with Crippen molar-refractivity contribution >= 4 is 11.4 Å². The Morgan fingerprint density at radius 1 is 1.22 bits per heavy atom. The molecule has 3 rings (SSSR count). The van der Waals surface area contributed by atoms with E-state index in [1.807, 2.05) is 0 Å². The smallest absolute Gasteiger partial charge is 0.0750 e. The van der Waals surface area contributed by atoms with Crippen molar-refractivity contribution in [3.8, 4) is 0 Å². The van der Waals surface area contributed by atoms with Gasteiger partial charge in [0.2, 0.25) is 0 Å². The summed E-state index contributed by atoms with van der Waals surface area (Å²) in [5.41, 5.74) is 2.61. The van der Waals surface area contributed by atoms with Crippen LogP contribution in [-0.2, 0) is 4.74 Å². The molecule has 2 heterocycles. The van der Waals surface area contributed by atoms with E-state index >= 15 is 0 Å². The zero-order chi connectivity index (χ0) is 12.2. The first-order chi connectivity index (χ1) is 8.93. The van der Waals surface area contributed by atoms with E-state index in [0.717, 1.165) is 26.2 Å². The summed E-state index contributed by atoms with van der Waals surface area (Å²) in [6, 6.07) is 8.65. The molecule has 3 heteroatoms. The Morgan fingerprint density at radius 2 is 2.17 bits per heavy atom. The molecule has 98 valence electrons. The molecule has 2 aliphatic rings. The van der Waals surface area contributed by atoms with E-state index in [0.29, 0.717) is 6.10 Å². The van der Waals surface area contributed by atoms with Crippen LogP contribution in [0.1, 0.15) is 25.7 Å². The number of nitrogens with one attached hydrogen (secondary N) is 1. The molecule has 0 bridgehead atoms. The second kappa shape index (κ2) is 5.61. The van der Waals surface area contributed by atoms with Crippen LogP contribution >= 0.6 is 0 Å². The molecule has 2 aliphatic heterocycles. The number of rotatable bonds is 2. The molecule has 1 atom stereocenters. The molecule has 0 radical (unpaired) electrons. The fourth-order valence-corrected chi connectivity index (χ4v) is 2.89. The Bertz CT molecular complexity index is 388. The van der Waals surface area contributed by atoms with Gasteiger partial charge in [-0.3, -0.25) is 0 Å². The van der Waals surface area contributed by atoms with E-state index in [1.54, 1.807) is 0 Å². The fraction of sp³-hybridized carbons (Fsp3) is 0.600. The van der Waals surface area contributed by atoms with Gasteiger partial charge in [0.1, 0.15) is 0 Å². The van der Waals surface area contributed by atoms with Crippen molar-refractivity contribution in [3.05, 3.63) is 24.3 Å². The monoisotopic (exact) mass is 246 g/mol. The summed E-state index contributed by atoms with van der Waals surface area (Å²) in [4.78, 5) is 2.50. The van der Waals surface area contributed by atoms with E-state index < -0.39 is 0 Å². The van der Waals surface area contributed by atoms with Gasteiger partial charge in [-0.05, 0) is 37.8 Å². The lowest BCUT2D eigenvalue weighted by Gasteiger charge is -2.31. The molecule has 0 aliphatic carbocycles. The van der Waals surface area contributed by atoms with Gasteiger partial charge < -0.3 is 15.0 Å². The van der Waals surface area contributed by atoms with E-state index in [1.165, 1.54) is 37.1 Å². The maximum atomic E-state index is 5.78. The summed E-state index contributed by atoms with van der Waals surface area (Å²) in [7, 11) is 0. The summed E-state index contributed by atoms with van der Waals surface area (Å²) in [5, 5.41) is 3.54. The Balaban J connectivity index is 1.79. The summed E-state index contributed by atoms with van der Waals surface area (Å²) in [6.07, 6.45) is 5.37. The molecule has 1 fully saturated rings. The highest BCUT2D eigenvalue weighted by atomic mass is 16.5. The molecule has 1 aromatic rings. The molecule has 0 amide bonds. The molecule has 1 aromatic carbocycles. The standard InChI is InChI=1S/C15H22N2O/c1-2-8-15-14(7-1)16-9-3-4-10-17(15)12-13-6-5-11-18-13/h1-2,7-8,13,16H,3-6,9-12H2. The van der Waals surface area contributed by atoms with Gasteiger partial charge in [-0.25, -0.2) is 0 Å². The Kier molecular flexibility index (Phi) is 3.69. The van der Waals surface area contributed by atoms with Crippen LogP contribution in [0.3, 0.4) is 0 Å². The summed E-state index contributed by atoms with van der Waals surface area (Å²) < 4.78 is 5.78. The normalized spacial score (nSPS) is 24.0. The van der Waals surface area contributed by atoms with Crippen molar-refractivity contribution in [1.82, 2.24) is 0 Å². The second-order valence-corrected chi connectivity index (χ2v) is 5.23. The number of hydrogen-bond donors (Lipinski definition) is 1. The Labute approximate surface area is 109 Å². The molecule has 0 spiro atoms. The molecule has 0 aromatic heterocycles. The first kappa shape index (κ1) is 11.8. The zero-order valence-corrected chi connectivity index (χ0v) is 10.9. The van der Waals surface area contributed by atoms with Crippen molar-refractivity contribution in [1.29, 1.82) is 0 Å². The molecule has 18 heavy (non-hydrogen) atoms. The van der Waals surface area contributed by atoms with Crippen LogP contribution < -0.4 is 10.2 Å². The molecule has 1 saturated heterocycles. The number of hydrogen-bond acceptors (Lipinski definition) is 3. The maximum absolute atomic E-state index is 5.78. The minimum Gasteiger partial charge on any atom is -0.383 e. The molecular formula is C15H22N2O. The Morgan fingerprint density at radius 3 is 3.06 bits per heavy atom. The highest BCUT2D eigenvalue weighted by Gasteiger charge is 2.21. The van der Waals surface area contributed by atoms with E-state index in [2.05, 4.69) is 34.5 Å². The first-order valence-corrected chi connectivity index (χ1v) is 7.13. The predicted octanol–water partition coefficient (Wildman–Crippen LogP) is 2.88. The van der Waals surface area contributed by atoms with Gasteiger partial charge in [-0.1, -0.05) is 12.1 Å². The van der Waals surface area contributed by atoms with Gasteiger partial charge in [-0.15, -0.1) is 0 Å². The molecule has 3 nitrogen and oxygen atoms in total. The lowest BCUT2D eigenvalue weighted by atomic mass is 10.1. The van der Waals surface area contributed by atoms with Gasteiger partial charge in [0.15, 0.2) is 0 Å². The number of para-hydroxylation sites is 2. The van der Waals surface area contributed by atoms with E-state index in [4.69, 9.17) is 4.74 Å². The van der Waals surface area contributed by atoms with Crippen LogP contribution in [0.5, 0.6) is 0 Å². The Hall–Kier alpha value is -1.22.